The van der Waals surface area contributed by atoms with Crippen LogP contribution in [0.1, 0.15) is 22.9 Å². The van der Waals surface area contributed by atoms with E-state index in [1.54, 1.807) is 0 Å². The van der Waals surface area contributed by atoms with E-state index in [2.05, 4.69) is 31.2 Å². The number of aromatic hydroxyl groups is 1. The van der Waals surface area contributed by atoms with Crippen molar-refractivity contribution in [3.63, 3.8) is 0 Å². The number of aromatic nitrogens is 2. The van der Waals surface area contributed by atoms with Crippen LogP contribution in [0.2, 0.25) is 0 Å². The molecule has 0 radical (unpaired) electrons. The Hall–Kier alpha value is -2.92. The van der Waals surface area contributed by atoms with Gasteiger partial charge >= 0.3 is 0 Å². The smallest absolute Gasteiger partial charge is 0.272 e. The fraction of sp³-hybridized carbons (Fsp3) is 0.0909. The van der Waals surface area contributed by atoms with Gasteiger partial charge in [-0.3, -0.25) is 5.32 Å². The lowest BCUT2D eigenvalue weighted by molar-refractivity contribution is -0.361. The van der Waals surface area contributed by atoms with Gasteiger partial charge in [0.1, 0.15) is 17.3 Å². The zero-order chi connectivity index (χ0) is 18.8. The number of halogens is 1. The molecule has 3 N–H and O–H groups in total. The maximum absolute atomic E-state index is 11.0. The summed E-state index contributed by atoms with van der Waals surface area (Å²) < 4.78 is 0.984. The van der Waals surface area contributed by atoms with E-state index in [9.17, 15) is 5.11 Å². The van der Waals surface area contributed by atoms with Crippen molar-refractivity contribution in [2.24, 2.45) is 0 Å². The van der Waals surface area contributed by atoms with E-state index in [0.717, 1.165) is 32.5 Å². The number of aryl methyl sites for hydroxylation is 1. The van der Waals surface area contributed by atoms with Gasteiger partial charge in [-0.05, 0) is 37.3 Å². The van der Waals surface area contributed by atoms with Crippen LogP contribution < -0.4 is 10.3 Å². The van der Waals surface area contributed by atoms with Gasteiger partial charge < -0.3 is 5.11 Å². The third kappa shape index (κ3) is 3.64. The van der Waals surface area contributed by atoms with E-state index in [-0.39, 0.29) is 11.8 Å². The minimum Gasteiger partial charge on any atom is -0.505 e. The molecule has 2 aromatic carbocycles. The van der Waals surface area contributed by atoms with Crippen LogP contribution in [0.3, 0.4) is 0 Å². The first-order chi connectivity index (χ1) is 13.1. The van der Waals surface area contributed by atoms with Crippen molar-refractivity contribution in [3.05, 3.63) is 94.2 Å². The predicted molar refractivity (Wildman–Crippen MR) is 111 cm³/mol. The molecule has 0 amide bonds. The van der Waals surface area contributed by atoms with Crippen molar-refractivity contribution in [3.8, 4) is 5.75 Å². The molecule has 0 saturated heterocycles. The molecule has 4 aromatic rings. The molecule has 0 aliphatic heterocycles. The number of anilines is 1. The third-order valence-electron chi connectivity index (χ3n) is 4.51. The van der Waals surface area contributed by atoms with Gasteiger partial charge in [0.25, 0.3) is 5.82 Å². The number of phenols is 1. The first kappa shape index (κ1) is 17.5. The molecule has 1 atom stereocenters. The quantitative estimate of drug-likeness (QED) is 0.486. The van der Waals surface area contributed by atoms with Crippen LogP contribution in [0.15, 0.2) is 77.4 Å². The fourth-order valence-corrected chi connectivity index (χ4v) is 3.60. The van der Waals surface area contributed by atoms with E-state index in [1.807, 2.05) is 79.9 Å². The number of aromatic amines is 1. The maximum Gasteiger partial charge on any atom is 0.272 e. The molecule has 5 heteroatoms. The highest BCUT2D eigenvalue weighted by Gasteiger charge is 2.24. The van der Waals surface area contributed by atoms with Crippen LogP contribution >= 0.6 is 15.9 Å². The summed E-state index contributed by atoms with van der Waals surface area (Å²) in [6.07, 6.45) is 1.87. The number of benzene rings is 2. The SMILES string of the molecule is Cc1ccc2ccc([C@@H](Nc3cccc[nH+]3)c3cccc(Br)c3)c(O)c2n1. The van der Waals surface area contributed by atoms with E-state index in [1.165, 1.54) is 0 Å². The third-order valence-corrected chi connectivity index (χ3v) is 5.00. The highest BCUT2D eigenvalue weighted by atomic mass is 79.9. The highest BCUT2D eigenvalue weighted by Crippen LogP contribution is 2.36. The Morgan fingerprint density at radius 2 is 1.89 bits per heavy atom. The second-order valence-corrected chi connectivity index (χ2v) is 7.35. The summed E-state index contributed by atoms with van der Waals surface area (Å²) in [7, 11) is 0. The van der Waals surface area contributed by atoms with Gasteiger partial charge in [0.2, 0.25) is 0 Å². The number of rotatable bonds is 4. The summed E-state index contributed by atoms with van der Waals surface area (Å²) >= 11 is 3.55. The second-order valence-electron chi connectivity index (χ2n) is 6.44. The molecule has 27 heavy (non-hydrogen) atoms. The van der Waals surface area contributed by atoms with Crippen molar-refractivity contribution in [1.29, 1.82) is 0 Å². The molecule has 0 bridgehead atoms. The zero-order valence-corrected chi connectivity index (χ0v) is 16.4. The molecule has 0 unspecified atom stereocenters. The summed E-state index contributed by atoms with van der Waals surface area (Å²) in [5.74, 6) is 1.06. The Morgan fingerprint density at radius 3 is 2.67 bits per heavy atom. The molecule has 2 aromatic heterocycles. The van der Waals surface area contributed by atoms with Crippen LogP contribution in [-0.2, 0) is 0 Å². The van der Waals surface area contributed by atoms with Gasteiger partial charge in [-0.2, -0.15) is 0 Å². The van der Waals surface area contributed by atoms with Gasteiger partial charge in [0.05, 0.1) is 6.20 Å². The number of nitrogens with one attached hydrogen (secondary N) is 2. The normalized spacial score (nSPS) is 12.1. The van der Waals surface area contributed by atoms with Crippen LogP contribution in [-0.4, -0.2) is 10.1 Å². The molecule has 0 saturated carbocycles. The Morgan fingerprint density at radius 1 is 1.04 bits per heavy atom. The van der Waals surface area contributed by atoms with Crippen molar-refractivity contribution >= 4 is 32.7 Å². The number of fused-ring (bicyclic) bond motifs is 1. The van der Waals surface area contributed by atoms with Gasteiger partial charge in [-0.15, -0.1) is 0 Å². The number of pyridine rings is 2. The number of hydrogen-bond donors (Lipinski definition) is 2. The Bertz CT molecular complexity index is 1100. The van der Waals surface area contributed by atoms with Crippen molar-refractivity contribution in [1.82, 2.24) is 4.98 Å². The van der Waals surface area contributed by atoms with Crippen LogP contribution in [0, 0.1) is 6.92 Å². The van der Waals surface area contributed by atoms with E-state index in [0.29, 0.717) is 5.52 Å². The Balaban J connectivity index is 1.87. The largest absolute Gasteiger partial charge is 0.505 e. The lowest BCUT2D eigenvalue weighted by Crippen LogP contribution is -2.19. The Kier molecular flexibility index (Phi) is 4.77. The summed E-state index contributed by atoms with van der Waals surface area (Å²) in [6.45, 7) is 1.93. The molecule has 134 valence electrons. The molecule has 0 spiro atoms. The molecule has 0 aliphatic carbocycles. The van der Waals surface area contributed by atoms with Gasteiger partial charge in [0.15, 0.2) is 0 Å². The Labute approximate surface area is 166 Å². The summed E-state index contributed by atoms with van der Waals surface area (Å²) in [6, 6.07) is 21.6. The predicted octanol–water partition coefficient (Wildman–Crippen LogP) is 5.03. The topological polar surface area (TPSA) is 59.3 Å². The summed E-state index contributed by atoms with van der Waals surface area (Å²) in [5.41, 5.74) is 3.30. The number of hydrogen-bond acceptors (Lipinski definition) is 3. The minimum atomic E-state index is -0.243. The molecular formula is C22H19BrN3O+. The molecular weight excluding hydrogens is 402 g/mol. The average molecular weight is 421 g/mol. The monoisotopic (exact) mass is 420 g/mol. The number of phenolic OH excluding ortho intramolecular Hbond substituents is 1. The molecule has 4 rings (SSSR count). The number of H-pyrrole nitrogens is 1. The first-order valence-electron chi connectivity index (χ1n) is 8.70. The van der Waals surface area contributed by atoms with E-state index < -0.39 is 0 Å². The van der Waals surface area contributed by atoms with Crippen LogP contribution in [0.4, 0.5) is 5.82 Å². The molecule has 0 aliphatic rings. The van der Waals surface area contributed by atoms with Gasteiger partial charge in [0, 0.05) is 32.7 Å². The summed E-state index contributed by atoms with van der Waals surface area (Å²) in [4.78, 5) is 7.74. The summed E-state index contributed by atoms with van der Waals surface area (Å²) in [5, 5.41) is 15.4. The van der Waals surface area contributed by atoms with Crippen molar-refractivity contribution in [2.75, 3.05) is 5.32 Å². The first-order valence-corrected chi connectivity index (χ1v) is 9.49. The van der Waals surface area contributed by atoms with Gasteiger partial charge in [-0.25, -0.2) is 9.97 Å². The zero-order valence-electron chi connectivity index (χ0n) is 14.8. The van der Waals surface area contributed by atoms with Crippen LogP contribution in [0.25, 0.3) is 10.9 Å². The van der Waals surface area contributed by atoms with Crippen molar-refractivity contribution < 1.29 is 10.1 Å². The van der Waals surface area contributed by atoms with Crippen LogP contribution in [0.5, 0.6) is 5.75 Å². The van der Waals surface area contributed by atoms with Crippen molar-refractivity contribution in [2.45, 2.75) is 13.0 Å². The molecule has 0 fully saturated rings. The second kappa shape index (κ2) is 7.37. The lowest BCUT2D eigenvalue weighted by atomic mass is 9.96. The molecule has 4 nitrogen and oxygen atoms in total. The minimum absolute atomic E-state index is 0.199. The standard InChI is InChI=1S/C22H18BrN3O/c1-14-8-9-15-10-11-18(22(27)21(15)25-14)20(16-5-4-6-17(23)13-16)26-19-7-2-3-12-24-19/h2-13,20,27H,1H3,(H,24,26)/p+1/t20-/m0/s1. The van der Waals surface area contributed by atoms with E-state index in [4.69, 9.17) is 0 Å². The average Bonchev–Trinajstić information content (AvgIpc) is 2.68. The lowest BCUT2D eigenvalue weighted by Gasteiger charge is -2.18. The van der Waals surface area contributed by atoms with Gasteiger partial charge in [-0.1, -0.05) is 46.3 Å². The number of nitrogens with zero attached hydrogens (tertiary/aromatic N) is 1. The van der Waals surface area contributed by atoms with E-state index >= 15 is 0 Å². The fourth-order valence-electron chi connectivity index (χ4n) is 3.19. The maximum atomic E-state index is 11.0. The highest BCUT2D eigenvalue weighted by molar-refractivity contribution is 9.10. The molecule has 2 heterocycles.